The Morgan fingerprint density at radius 3 is 2.35 bits per heavy atom. The van der Waals surface area contributed by atoms with Crippen LogP contribution in [-0.2, 0) is 16.4 Å². The van der Waals surface area contributed by atoms with Gasteiger partial charge in [0.2, 0.25) is 0 Å². The van der Waals surface area contributed by atoms with Crippen LogP contribution in [0.5, 0.6) is 0 Å². The molecule has 0 bridgehead atoms. The van der Waals surface area contributed by atoms with E-state index >= 15 is 0 Å². The van der Waals surface area contributed by atoms with Crippen molar-refractivity contribution >= 4 is 15.7 Å². The quantitative estimate of drug-likeness (QED) is 0.941. The Morgan fingerprint density at radius 1 is 1.10 bits per heavy atom. The zero-order chi connectivity index (χ0) is 14.6. The van der Waals surface area contributed by atoms with E-state index in [1.54, 1.807) is 12.1 Å². The van der Waals surface area contributed by atoms with Crippen molar-refractivity contribution in [2.24, 2.45) is 0 Å². The van der Waals surface area contributed by atoms with E-state index in [9.17, 15) is 12.8 Å². The van der Waals surface area contributed by atoms with Crippen molar-refractivity contribution in [2.75, 3.05) is 4.72 Å². The summed E-state index contributed by atoms with van der Waals surface area (Å²) >= 11 is 0. The molecule has 0 aromatic heterocycles. The number of nitrogens with one attached hydrogen (secondary N) is 1. The van der Waals surface area contributed by atoms with Gasteiger partial charge < -0.3 is 0 Å². The van der Waals surface area contributed by atoms with Crippen LogP contribution in [0.4, 0.5) is 10.1 Å². The molecule has 0 radical (unpaired) electrons. The Bertz CT molecular complexity index is 749. The summed E-state index contributed by atoms with van der Waals surface area (Å²) in [5.74, 6) is -0.805. The number of rotatable bonds is 4. The third kappa shape index (κ3) is 3.13. The maximum Gasteiger partial charge on any atom is 0.264 e. The summed E-state index contributed by atoms with van der Waals surface area (Å²) in [6, 6.07) is 13.5. The van der Waals surface area contributed by atoms with Crippen LogP contribution in [0.15, 0.2) is 53.4 Å². The van der Waals surface area contributed by atoms with Crippen LogP contribution in [0.1, 0.15) is 5.56 Å². The van der Waals surface area contributed by atoms with E-state index in [1.807, 2.05) is 6.07 Å². The van der Waals surface area contributed by atoms with Crippen LogP contribution in [0.3, 0.4) is 0 Å². The highest BCUT2D eigenvalue weighted by atomic mass is 32.2. The lowest BCUT2D eigenvalue weighted by molar-refractivity contribution is 0.570. The van der Waals surface area contributed by atoms with E-state index in [2.05, 4.69) is 4.72 Å². The van der Waals surface area contributed by atoms with Gasteiger partial charge in [-0.2, -0.15) is 5.26 Å². The third-order valence-corrected chi connectivity index (χ3v) is 4.03. The zero-order valence-electron chi connectivity index (χ0n) is 10.4. The smallest absolute Gasteiger partial charge is 0.264 e. The summed E-state index contributed by atoms with van der Waals surface area (Å²) in [5, 5.41) is 8.55. The summed E-state index contributed by atoms with van der Waals surface area (Å²) < 4.78 is 39.9. The van der Waals surface area contributed by atoms with Gasteiger partial charge >= 0.3 is 0 Å². The van der Waals surface area contributed by atoms with Crippen LogP contribution in [-0.4, -0.2) is 8.42 Å². The molecule has 102 valence electrons. The van der Waals surface area contributed by atoms with Crippen molar-refractivity contribution in [3.8, 4) is 6.07 Å². The molecule has 20 heavy (non-hydrogen) atoms. The molecule has 0 fully saturated rings. The van der Waals surface area contributed by atoms with Crippen molar-refractivity contribution in [2.45, 2.75) is 11.3 Å². The van der Waals surface area contributed by atoms with E-state index in [-0.39, 0.29) is 6.42 Å². The highest BCUT2D eigenvalue weighted by molar-refractivity contribution is 7.92. The molecule has 2 rings (SSSR count). The molecule has 0 unspecified atom stereocenters. The second kappa shape index (κ2) is 5.72. The zero-order valence-corrected chi connectivity index (χ0v) is 11.2. The van der Waals surface area contributed by atoms with Gasteiger partial charge in [0.1, 0.15) is 10.7 Å². The van der Waals surface area contributed by atoms with Gasteiger partial charge in [-0.15, -0.1) is 0 Å². The second-order valence-electron chi connectivity index (χ2n) is 4.07. The maximum atomic E-state index is 13.5. The third-order valence-electron chi connectivity index (χ3n) is 2.62. The van der Waals surface area contributed by atoms with Crippen molar-refractivity contribution in [3.05, 3.63) is 59.9 Å². The standard InChI is InChI=1S/C14H11FN2O2S/c15-13-3-1-2-4-14(13)20(18,19)17-12-7-5-11(6-8-12)9-10-16/h1-8,17H,9H2. The van der Waals surface area contributed by atoms with Crippen LogP contribution in [0.2, 0.25) is 0 Å². The highest BCUT2D eigenvalue weighted by Gasteiger charge is 2.18. The molecule has 0 amide bonds. The Morgan fingerprint density at radius 2 is 1.75 bits per heavy atom. The number of anilines is 1. The fourth-order valence-corrected chi connectivity index (χ4v) is 2.79. The minimum atomic E-state index is -3.96. The Hall–Kier alpha value is -2.39. The molecule has 0 aliphatic carbocycles. The molecule has 1 N–H and O–H groups in total. The van der Waals surface area contributed by atoms with Gasteiger partial charge in [0, 0.05) is 5.69 Å². The lowest BCUT2D eigenvalue weighted by Gasteiger charge is -2.09. The van der Waals surface area contributed by atoms with Crippen LogP contribution < -0.4 is 4.72 Å². The molecule has 0 heterocycles. The molecule has 2 aromatic rings. The van der Waals surface area contributed by atoms with Gasteiger partial charge in [-0.3, -0.25) is 4.72 Å². The second-order valence-corrected chi connectivity index (χ2v) is 5.72. The number of sulfonamides is 1. The Labute approximate surface area is 116 Å². The van der Waals surface area contributed by atoms with E-state index < -0.39 is 20.7 Å². The first-order chi connectivity index (χ1) is 9.53. The number of halogens is 1. The molecule has 0 aliphatic heterocycles. The summed E-state index contributed by atoms with van der Waals surface area (Å²) in [4.78, 5) is -0.402. The average molecular weight is 290 g/mol. The van der Waals surface area contributed by atoms with Crippen LogP contribution in [0, 0.1) is 17.1 Å². The normalized spacial score (nSPS) is 10.8. The molecule has 0 aliphatic rings. The molecule has 6 heteroatoms. The average Bonchev–Trinajstić information content (AvgIpc) is 2.41. The van der Waals surface area contributed by atoms with Gasteiger partial charge in [-0.25, -0.2) is 12.8 Å². The van der Waals surface area contributed by atoms with Crippen LogP contribution >= 0.6 is 0 Å². The fraction of sp³-hybridized carbons (Fsp3) is 0.0714. The van der Waals surface area contributed by atoms with Gasteiger partial charge in [-0.05, 0) is 29.8 Å². The van der Waals surface area contributed by atoms with Gasteiger partial charge in [0.15, 0.2) is 0 Å². The van der Waals surface area contributed by atoms with Crippen molar-refractivity contribution in [1.82, 2.24) is 0 Å². The van der Waals surface area contributed by atoms with Gasteiger partial charge in [0.05, 0.1) is 12.5 Å². The van der Waals surface area contributed by atoms with Crippen molar-refractivity contribution in [3.63, 3.8) is 0 Å². The predicted molar refractivity (Wildman–Crippen MR) is 73.0 cm³/mol. The monoisotopic (exact) mass is 290 g/mol. The first-order valence-corrected chi connectivity index (χ1v) is 7.24. The van der Waals surface area contributed by atoms with E-state index in [0.29, 0.717) is 5.69 Å². The van der Waals surface area contributed by atoms with Gasteiger partial charge in [-0.1, -0.05) is 24.3 Å². The number of nitrogens with zero attached hydrogens (tertiary/aromatic N) is 1. The number of hydrogen-bond acceptors (Lipinski definition) is 3. The van der Waals surface area contributed by atoms with E-state index in [1.165, 1.54) is 30.3 Å². The van der Waals surface area contributed by atoms with Crippen molar-refractivity contribution in [1.29, 1.82) is 5.26 Å². The first-order valence-electron chi connectivity index (χ1n) is 5.76. The minimum Gasteiger partial charge on any atom is -0.280 e. The van der Waals surface area contributed by atoms with E-state index in [4.69, 9.17) is 5.26 Å². The van der Waals surface area contributed by atoms with Crippen molar-refractivity contribution < 1.29 is 12.8 Å². The summed E-state index contributed by atoms with van der Waals surface area (Å²) in [5.41, 5.74) is 1.09. The summed E-state index contributed by atoms with van der Waals surface area (Å²) in [6.45, 7) is 0. The number of hydrogen-bond donors (Lipinski definition) is 1. The predicted octanol–water partition coefficient (Wildman–Crippen LogP) is 2.69. The SMILES string of the molecule is N#CCc1ccc(NS(=O)(=O)c2ccccc2F)cc1. The number of benzene rings is 2. The van der Waals surface area contributed by atoms with E-state index in [0.717, 1.165) is 11.6 Å². The first kappa shape index (κ1) is 14.0. The Kier molecular flexibility index (Phi) is 4.01. The summed E-state index contributed by atoms with van der Waals surface area (Å²) in [7, 11) is -3.96. The summed E-state index contributed by atoms with van der Waals surface area (Å²) in [6.07, 6.45) is 0.250. The lowest BCUT2D eigenvalue weighted by Crippen LogP contribution is -2.14. The van der Waals surface area contributed by atoms with Crippen LogP contribution in [0.25, 0.3) is 0 Å². The Balaban J connectivity index is 2.25. The lowest BCUT2D eigenvalue weighted by atomic mass is 10.1. The minimum absolute atomic E-state index is 0.250. The molecule has 0 spiro atoms. The topological polar surface area (TPSA) is 70.0 Å². The molecular weight excluding hydrogens is 279 g/mol. The molecular formula is C14H11FN2O2S. The molecule has 0 atom stereocenters. The molecule has 2 aromatic carbocycles. The maximum absolute atomic E-state index is 13.5. The molecule has 4 nitrogen and oxygen atoms in total. The number of nitriles is 1. The molecule has 0 saturated heterocycles. The largest absolute Gasteiger partial charge is 0.280 e. The van der Waals surface area contributed by atoms with Gasteiger partial charge in [0.25, 0.3) is 10.0 Å². The molecule has 0 saturated carbocycles. The fourth-order valence-electron chi connectivity index (χ4n) is 1.65. The highest BCUT2D eigenvalue weighted by Crippen LogP contribution is 2.19.